The van der Waals surface area contributed by atoms with Crippen LogP contribution in [-0.4, -0.2) is 31.4 Å². The summed E-state index contributed by atoms with van der Waals surface area (Å²) in [6.45, 7) is 1.72. The molecular formula is C18H21FN2O3S. The molecule has 5 nitrogen and oxygen atoms in total. The van der Waals surface area contributed by atoms with E-state index in [0.717, 1.165) is 22.5 Å². The normalized spacial score (nSPS) is 11.5. The molecule has 0 saturated carbocycles. The van der Waals surface area contributed by atoms with E-state index in [1.54, 1.807) is 12.1 Å². The number of nitrogens with zero attached hydrogens (tertiary/aromatic N) is 1. The van der Waals surface area contributed by atoms with Gasteiger partial charge in [0.05, 0.1) is 12.8 Å². The van der Waals surface area contributed by atoms with Gasteiger partial charge in [0.15, 0.2) is 0 Å². The number of hydrogen-bond donors (Lipinski definition) is 1. The quantitative estimate of drug-likeness (QED) is 0.821. The summed E-state index contributed by atoms with van der Waals surface area (Å²) in [4.78, 5) is 12.2. The van der Waals surface area contributed by atoms with Crippen LogP contribution in [0.1, 0.15) is 18.1 Å². The third kappa shape index (κ3) is 5.95. The van der Waals surface area contributed by atoms with Crippen LogP contribution in [0, 0.1) is 5.82 Å². The number of carbonyl (C=O) groups is 1. The van der Waals surface area contributed by atoms with Crippen LogP contribution in [0.4, 0.5) is 10.1 Å². The number of sulfonamides is 1. The Balaban J connectivity index is 2.05. The molecule has 0 unspecified atom stereocenters. The Kier molecular flexibility index (Phi) is 6.27. The molecule has 0 atom stereocenters. The van der Waals surface area contributed by atoms with E-state index in [-0.39, 0.29) is 13.1 Å². The van der Waals surface area contributed by atoms with Crippen molar-refractivity contribution >= 4 is 21.6 Å². The fraction of sp³-hybridized carbons (Fsp3) is 0.278. The van der Waals surface area contributed by atoms with Crippen molar-refractivity contribution in [3.63, 3.8) is 0 Å². The molecule has 2 aromatic carbocycles. The maximum absolute atomic E-state index is 13.0. The van der Waals surface area contributed by atoms with Gasteiger partial charge in [0.25, 0.3) is 0 Å². The third-order valence-corrected chi connectivity index (χ3v) is 4.90. The Morgan fingerprint density at radius 1 is 1.04 bits per heavy atom. The molecule has 0 bridgehead atoms. The first-order chi connectivity index (χ1) is 11.8. The first-order valence-corrected chi connectivity index (χ1v) is 9.71. The molecule has 0 aliphatic rings. The summed E-state index contributed by atoms with van der Waals surface area (Å²) >= 11 is 0. The minimum atomic E-state index is -3.59. The van der Waals surface area contributed by atoms with Gasteiger partial charge in [-0.25, -0.2) is 12.8 Å². The predicted octanol–water partition coefficient (Wildman–Crippen LogP) is 2.79. The molecule has 7 heteroatoms. The highest BCUT2D eigenvalue weighted by Gasteiger charge is 2.20. The Hall–Kier alpha value is -2.25. The molecule has 134 valence electrons. The van der Waals surface area contributed by atoms with E-state index in [1.165, 1.54) is 24.3 Å². The molecule has 0 fully saturated rings. The lowest BCUT2D eigenvalue weighted by molar-refractivity contribution is -0.116. The zero-order valence-electron chi connectivity index (χ0n) is 14.2. The summed E-state index contributed by atoms with van der Waals surface area (Å²) in [5, 5.41) is 2.69. The minimum Gasteiger partial charge on any atom is -0.325 e. The molecule has 2 rings (SSSR count). The monoisotopic (exact) mass is 364 g/mol. The molecule has 0 heterocycles. The number of nitrogens with one attached hydrogen (secondary N) is 1. The van der Waals surface area contributed by atoms with Crippen molar-refractivity contribution in [1.29, 1.82) is 0 Å². The molecule has 0 aromatic heterocycles. The van der Waals surface area contributed by atoms with Crippen LogP contribution >= 0.6 is 0 Å². The highest BCUT2D eigenvalue weighted by atomic mass is 32.2. The van der Waals surface area contributed by atoms with Crippen LogP contribution < -0.4 is 5.32 Å². The smallest absolute Gasteiger partial charge is 0.239 e. The second kappa shape index (κ2) is 8.22. The predicted molar refractivity (Wildman–Crippen MR) is 96.1 cm³/mol. The standard InChI is InChI=1S/C18H21FN2O3S/c1-3-14-6-10-17(11-7-14)20-18(22)13-21(25(2,23)24)12-15-4-8-16(19)9-5-15/h4-11H,3,12-13H2,1-2H3,(H,20,22). The van der Waals surface area contributed by atoms with E-state index < -0.39 is 21.7 Å². The second-order valence-corrected chi connectivity index (χ2v) is 7.74. The van der Waals surface area contributed by atoms with Gasteiger partial charge in [-0.05, 0) is 41.8 Å². The third-order valence-electron chi connectivity index (χ3n) is 3.71. The number of carbonyl (C=O) groups excluding carboxylic acids is 1. The van der Waals surface area contributed by atoms with Crippen molar-refractivity contribution in [2.24, 2.45) is 0 Å². The number of hydrogen-bond acceptors (Lipinski definition) is 3. The van der Waals surface area contributed by atoms with Crippen molar-refractivity contribution in [2.75, 3.05) is 18.1 Å². The van der Waals surface area contributed by atoms with Gasteiger partial charge < -0.3 is 5.32 Å². The highest BCUT2D eigenvalue weighted by molar-refractivity contribution is 7.88. The topological polar surface area (TPSA) is 66.5 Å². The summed E-state index contributed by atoms with van der Waals surface area (Å²) in [7, 11) is -3.59. The summed E-state index contributed by atoms with van der Waals surface area (Å²) in [6, 6.07) is 12.9. The Bertz CT molecular complexity index is 818. The molecule has 0 aliphatic carbocycles. The minimum absolute atomic E-state index is 0.00130. The number of aryl methyl sites for hydroxylation is 1. The molecule has 1 N–H and O–H groups in total. The fourth-order valence-electron chi connectivity index (χ4n) is 2.27. The maximum Gasteiger partial charge on any atom is 0.239 e. The fourth-order valence-corrected chi connectivity index (χ4v) is 3.00. The van der Waals surface area contributed by atoms with E-state index in [0.29, 0.717) is 11.3 Å². The molecule has 2 aromatic rings. The SMILES string of the molecule is CCc1ccc(NC(=O)CN(Cc2ccc(F)cc2)S(C)(=O)=O)cc1. The van der Waals surface area contributed by atoms with Gasteiger partial charge in [0, 0.05) is 12.2 Å². The van der Waals surface area contributed by atoms with Crippen molar-refractivity contribution in [2.45, 2.75) is 19.9 Å². The van der Waals surface area contributed by atoms with Gasteiger partial charge in [-0.15, -0.1) is 0 Å². The summed E-state index contributed by atoms with van der Waals surface area (Å²) in [6.07, 6.45) is 1.94. The van der Waals surface area contributed by atoms with Gasteiger partial charge in [0.2, 0.25) is 15.9 Å². The van der Waals surface area contributed by atoms with Crippen molar-refractivity contribution in [1.82, 2.24) is 4.31 Å². The van der Waals surface area contributed by atoms with E-state index in [1.807, 2.05) is 19.1 Å². The van der Waals surface area contributed by atoms with Crippen LogP contribution in [0.3, 0.4) is 0 Å². The van der Waals surface area contributed by atoms with E-state index in [4.69, 9.17) is 0 Å². The Morgan fingerprint density at radius 2 is 1.60 bits per heavy atom. The Labute approximate surface area is 147 Å². The lowest BCUT2D eigenvalue weighted by atomic mass is 10.1. The molecule has 0 aliphatic heterocycles. The molecule has 1 amide bonds. The summed E-state index contributed by atoms with van der Waals surface area (Å²) in [5.41, 5.74) is 2.36. The summed E-state index contributed by atoms with van der Waals surface area (Å²) < 4.78 is 37.9. The largest absolute Gasteiger partial charge is 0.325 e. The van der Waals surface area contributed by atoms with Gasteiger partial charge >= 0.3 is 0 Å². The molecular weight excluding hydrogens is 343 g/mol. The van der Waals surface area contributed by atoms with Crippen LogP contribution in [0.2, 0.25) is 0 Å². The molecule has 0 radical (unpaired) electrons. The summed E-state index contributed by atoms with van der Waals surface area (Å²) in [5.74, 6) is -0.834. The van der Waals surface area contributed by atoms with Gasteiger partial charge in [-0.3, -0.25) is 4.79 Å². The van der Waals surface area contributed by atoms with E-state index in [9.17, 15) is 17.6 Å². The van der Waals surface area contributed by atoms with Crippen LogP contribution in [0.5, 0.6) is 0 Å². The highest BCUT2D eigenvalue weighted by Crippen LogP contribution is 2.12. The molecule has 0 spiro atoms. The van der Waals surface area contributed by atoms with Crippen LogP contribution in [-0.2, 0) is 27.8 Å². The van der Waals surface area contributed by atoms with E-state index >= 15 is 0 Å². The van der Waals surface area contributed by atoms with Crippen molar-refractivity contribution in [3.05, 3.63) is 65.5 Å². The second-order valence-electron chi connectivity index (χ2n) is 5.76. The molecule has 25 heavy (non-hydrogen) atoms. The maximum atomic E-state index is 13.0. The number of amides is 1. The van der Waals surface area contributed by atoms with Crippen LogP contribution in [0.15, 0.2) is 48.5 Å². The van der Waals surface area contributed by atoms with Gasteiger partial charge in [-0.1, -0.05) is 31.2 Å². The average Bonchev–Trinajstić information content (AvgIpc) is 2.56. The number of halogens is 1. The number of rotatable bonds is 7. The average molecular weight is 364 g/mol. The van der Waals surface area contributed by atoms with Gasteiger partial charge in [0.1, 0.15) is 5.82 Å². The van der Waals surface area contributed by atoms with Gasteiger partial charge in [-0.2, -0.15) is 4.31 Å². The zero-order chi connectivity index (χ0) is 18.4. The van der Waals surface area contributed by atoms with Crippen molar-refractivity contribution in [3.8, 4) is 0 Å². The number of benzene rings is 2. The van der Waals surface area contributed by atoms with E-state index in [2.05, 4.69) is 5.32 Å². The molecule has 0 saturated heterocycles. The zero-order valence-corrected chi connectivity index (χ0v) is 15.0. The van der Waals surface area contributed by atoms with Crippen molar-refractivity contribution < 1.29 is 17.6 Å². The number of anilines is 1. The lowest BCUT2D eigenvalue weighted by Gasteiger charge is -2.19. The first-order valence-electron chi connectivity index (χ1n) is 7.86. The Morgan fingerprint density at radius 3 is 2.12 bits per heavy atom. The van der Waals surface area contributed by atoms with Crippen LogP contribution in [0.25, 0.3) is 0 Å². The first kappa shape index (κ1) is 19.1. The lowest BCUT2D eigenvalue weighted by Crippen LogP contribution is -2.36.